The number of hydrogen-bond acceptors (Lipinski definition) is 5. The van der Waals surface area contributed by atoms with Crippen molar-refractivity contribution in [1.82, 2.24) is 0 Å². The highest BCUT2D eigenvalue weighted by Crippen LogP contribution is 2.33. The highest BCUT2D eigenvalue weighted by molar-refractivity contribution is 7.17. The van der Waals surface area contributed by atoms with Gasteiger partial charge < -0.3 is 9.47 Å². The Morgan fingerprint density at radius 2 is 1.67 bits per heavy atom. The molecule has 0 fully saturated rings. The fourth-order valence-corrected chi connectivity index (χ4v) is 3.36. The van der Waals surface area contributed by atoms with E-state index in [9.17, 15) is 9.59 Å². The zero-order valence-corrected chi connectivity index (χ0v) is 14.2. The molecule has 2 aromatic carbocycles. The summed E-state index contributed by atoms with van der Waals surface area (Å²) >= 11 is 1.58. The van der Waals surface area contributed by atoms with Gasteiger partial charge in [0, 0.05) is 15.6 Å². The number of Topliss-reactive ketones (excluding diaryl/α,β-unsaturated/α-hetero) is 2. The minimum Gasteiger partial charge on any atom is -0.497 e. The maximum Gasteiger partial charge on any atom is 0.174 e. The predicted molar refractivity (Wildman–Crippen MR) is 94.6 cm³/mol. The molecule has 3 aromatic rings. The van der Waals surface area contributed by atoms with Gasteiger partial charge in [-0.1, -0.05) is 0 Å². The van der Waals surface area contributed by atoms with Gasteiger partial charge in [-0.2, -0.15) is 0 Å². The SMILES string of the molecule is COc1ccc(C(=O)CC(=O)c2ccc3sccc3c2OC)cc1. The highest BCUT2D eigenvalue weighted by atomic mass is 32.1. The van der Waals surface area contributed by atoms with Crippen LogP contribution in [-0.4, -0.2) is 25.8 Å². The van der Waals surface area contributed by atoms with E-state index in [2.05, 4.69) is 0 Å². The van der Waals surface area contributed by atoms with Crippen molar-refractivity contribution >= 4 is 33.0 Å². The van der Waals surface area contributed by atoms with E-state index in [0.717, 1.165) is 10.1 Å². The van der Waals surface area contributed by atoms with Crippen molar-refractivity contribution < 1.29 is 19.1 Å². The van der Waals surface area contributed by atoms with Crippen LogP contribution in [0.4, 0.5) is 0 Å². The zero-order chi connectivity index (χ0) is 17.1. The predicted octanol–water partition coefficient (Wildman–Crippen LogP) is 4.37. The minimum atomic E-state index is -0.249. The van der Waals surface area contributed by atoms with E-state index in [0.29, 0.717) is 22.6 Å². The lowest BCUT2D eigenvalue weighted by molar-refractivity contribution is 0.0893. The summed E-state index contributed by atoms with van der Waals surface area (Å²) in [5.74, 6) is 0.722. The summed E-state index contributed by atoms with van der Waals surface area (Å²) in [6.45, 7) is 0. The molecule has 1 heterocycles. The lowest BCUT2D eigenvalue weighted by Gasteiger charge is -2.09. The number of rotatable bonds is 6. The molecule has 0 saturated carbocycles. The summed E-state index contributed by atoms with van der Waals surface area (Å²) in [5, 5.41) is 2.84. The van der Waals surface area contributed by atoms with E-state index in [1.165, 1.54) is 7.11 Å². The number of ketones is 2. The largest absolute Gasteiger partial charge is 0.497 e. The Labute approximate surface area is 143 Å². The fourth-order valence-electron chi connectivity index (χ4n) is 2.58. The molecule has 24 heavy (non-hydrogen) atoms. The number of benzene rings is 2. The van der Waals surface area contributed by atoms with Crippen LogP contribution in [0.15, 0.2) is 47.8 Å². The van der Waals surface area contributed by atoms with Crippen LogP contribution in [0.2, 0.25) is 0 Å². The summed E-state index contributed by atoms with van der Waals surface area (Å²) in [7, 11) is 3.10. The maximum absolute atomic E-state index is 12.6. The summed E-state index contributed by atoms with van der Waals surface area (Å²) in [6.07, 6.45) is -0.196. The Hall–Kier alpha value is -2.66. The van der Waals surface area contributed by atoms with Crippen LogP contribution in [0, 0.1) is 0 Å². The molecule has 0 aliphatic rings. The van der Waals surface area contributed by atoms with Gasteiger partial charge in [-0.15, -0.1) is 11.3 Å². The molecule has 5 heteroatoms. The van der Waals surface area contributed by atoms with Gasteiger partial charge in [0.25, 0.3) is 0 Å². The fraction of sp³-hybridized carbons (Fsp3) is 0.158. The minimum absolute atomic E-state index is 0.196. The molecule has 0 aliphatic heterocycles. The van der Waals surface area contributed by atoms with Crippen LogP contribution in [0.25, 0.3) is 10.1 Å². The average Bonchev–Trinajstić information content (AvgIpc) is 3.09. The van der Waals surface area contributed by atoms with Crippen LogP contribution >= 0.6 is 11.3 Å². The molecule has 3 rings (SSSR count). The van der Waals surface area contributed by atoms with Crippen molar-refractivity contribution in [2.45, 2.75) is 6.42 Å². The number of hydrogen-bond donors (Lipinski definition) is 0. The van der Waals surface area contributed by atoms with Crippen molar-refractivity contribution in [3.05, 3.63) is 59.0 Å². The number of thiophene rings is 1. The highest BCUT2D eigenvalue weighted by Gasteiger charge is 2.19. The van der Waals surface area contributed by atoms with Crippen molar-refractivity contribution in [3.8, 4) is 11.5 Å². The number of fused-ring (bicyclic) bond motifs is 1. The topological polar surface area (TPSA) is 52.6 Å². The van der Waals surface area contributed by atoms with Gasteiger partial charge in [0.05, 0.1) is 26.2 Å². The molecule has 0 saturated heterocycles. The van der Waals surface area contributed by atoms with Gasteiger partial charge >= 0.3 is 0 Å². The van der Waals surface area contributed by atoms with Crippen LogP contribution in [-0.2, 0) is 0 Å². The van der Waals surface area contributed by atoms with Gasteiger partial charge in [-0.05, 0) is 47.8 Å². The quantitative estimate of drug-likeness (QED) is 0.494. The molecule has 0 spiro atoms. The van der Waals surface area contributed by atoms with E-state index in [1.807, 2.05) is 17.5 Å². The third-order valence-electron chi connectivity index (χ3n) is 3.82. The molecule has 0 unspecified atom stereocenters. The van der Waals surface area contributed by atoms with Gasteiger partial charge in [0.15, 0.2) is 11.6 Å². The Kier molecular flexibility index (Phi) is 4.62. The van der Waals surface area contributed by atoms with Crippen molar-refractivity contribution in [3.63, 3.8) is 0 Å². The Morgan fingerprint density at radius 3 is 2.33 bits per heavy atom. The molecular formula is C19H16O4S. The molecule has 0 N–H and O–H groups in total. The van der Waals surface area contributed by atoms with Crippen molar-refractivity contribution in [1.29, 1.82) is 0 Å². The molecule has 1 aromatic heterocycles. The first-order valence-corrected chi connectivity index (χ1v) is 8.26. The van der Waals surface area contributed by atoms with Gasteiger partial charge in [-0.3, -0.25) is 9.59 Å². The molecule has 122 valence electrons. The summed E-state index contributed by atoms with van der Waals surface area (Å²) in [6, 6.07) is 12.3. The van der Waals surface area contributed by atoms with Crippen molar-refractivity contribution in [2.24, 2.45) is 0 Å². The summed E-state index contributed by atoms with van der Waals surface area (Å²) in [4.78, 5) is 24.9. The number of methoxy groups -OCH3 is 2. The van der Waals surface area contributed by atoms with Crippen molar-refractivity contribution in [2.75, 3.05) is 14.2 Å². The first kappa shape index (κ1) is 16.2. The van der Waals surface area contributed by atoms with E-state index in [4.69, 9.17) is 9.47 Å². The molecule has 0 bridgehead atoms. The Morgan fingerprint density at radius 1 is 0.917 bits per heavy atom. The second-order valence-corrected chi connectivity index (χ2v) is 6.18. The normalized spacial score (nSPS) is 10.6. The number of carbonyl (C=O) groups is 2. The standard InChI is InChI=1S/C19H16O4S/c1-22-13-5-3-12(4-6-13)16(20)11-17(21)14-7-8-18-15(9-10-24-18)19(14)23-2/h3-10H,11H2,1-2H3. The molecular weight excluding hydrogens is 324 g/mol. The zero-order valence-electron chi connectivity index (χ0n) is 13.4. The number of ether oxygens (including phenoxy) is 2. The smallest absolute Gasteiger partial charge is 0.174 e. The lowest BCUT2D eigenvalue weighted by Crippen LogP contribution is -2.10. The monoisotopic (exact) mass is 340 g/mol. The molecule has 4 nitrogen and oxygen atoms in total. The first-order chi connectivity index (χ1) is 11.6. The van der Waals surface area contributed by atoms with Gasteiger partial charge in [0.1, 0.15) is 11.5 Å². The number of carbonyl (C=O) groups excluding carboxylic acids is 2. The Balaban J connectivity index is 1.85. The van der Waals surface area contributed by atoms with Gasteiger partial charge in [0.2, 0.25) is 0 Å². The summed E-state index contributed by atoms with van der Waals surface area (Å²) < 4.78 is 11.5. The van der Waals surface area contributed by atoms with E-state index >= 15 is 0 Å². The Bertz CT molecular complexity index is 893. The summed E-state index contributed by atoms with van der Waals surface area (Å²) in [5.41, 5.74) is 0.921. The van der Waals surface area contributed by atoms with E-state index in [-0.39, 0.29) is 18.0 Å². The molecule has 0 radical (unpaired) electrons. The second-order valence-electron chi connectivity index (χ2n) is 5.23. The van der Waals surface area contributed by atoms with Crippen LogP contribution in [0.1, 0.15) is 27.1 Å². The second kappa shape index (κ2) is 6.84. The molecule has 0 aliphatic carbocycles. The van der Waals surface area contributed by atoms with Gasteiger partial charge in [-0.25, -0.2) is 0 Å². The third kappa shape index (κ3) is 3.03. The van der Waals surface area contributed by atoms with E-state index in [1.54, 1.807) is 48.8 Å². The van der Waals surface area contributed by atoms with E-state index < -0.39 is 0 Å². The average molecular weight is 340 g/mol. The maximum atomic E-state index is 12.6. The molecule has 0 atom stereocenters. The van der Waals surface area contributed by atoms with Crippen LogP contribution < -0.4 is 9.47 Å². The first-order valence-electron chi connectivity index (χ1n) is 7.38. The van der Waals surface area contributed by atoms with Crippen LogP contribution in [0.5, 0.6) is 11.5 Å². The third-order valence-corrected chi connectivity index (χ3v) is 4.71. The van der Waals surface area contributed by atoms with Crippen LogP contribution in [0.3, 0.4) is 0 Å². The lowest BCUT2D eigenvalue weighted by atomic mass is 10.00. The molecule has 0 amide bonds.